The van der Waals surface area contributed by atoms with Gasteiger partial charge in [-0.2, -0.15) is 0 Å². The SMILES string of the molecule is COC(=O)c1c(NC(=S)N2CCCCCC2)sc2c1CCC2. The first kappa shape index (κ1) is 15.7. The molecule has 4 nitrogen and oxygen atoms in total. The number of nitrogens with zero attached hydrogens (tertiary/aromatic N) is 1. The van der Waals surface area contributed by atoms with Gasteiger partial charge in [-0.3, -0.25) is 0 Å². The average Bonchev–Trinajstić information content (AvgIpc) is 2.96. The molecule has 0 aromatic carbocycles. The van der Waals surface area contributed by atoms with Crippen LogP contribution < -0.4 is 5.32 Å². The predicted molar refractivity (Wildman–Crippen MR) is 93.9 cm³/mol. The molecule has 1 saturated heterocycles. The number of aryl methyl sites for hydroxylation is 1. The molecule has 22 heavy (non-hydrogen) atoms. The van der Waals surface area contributed by atoms with Crippen molar-refractivity contribution >= 4 is 39.6 Å². The summed E-state index contributed by atoms with van der Waals surface area (Å²) in [4.78, 5) is 15.7. The van der Waals surface area contributed by atoms with Gasteiger partial charge in [-0.05, 0) is 49.9 Å². The number of fused-ring (bicyclic) bond motifs is 1. The highest BCUT2D eigenvalue weighted by Gasteiger charge is 2.28. The van der Waals surface area contributed by atoms with Crippen molar-refractivity contribution in [2.75, 3.05) is 25.5 Å². The summed E-state index contributed by atoms with van der Waals surface area (Å²) < 4.78 is 4.98. The van der Waals surface area contributed by atoms with Crippen LogP contribution in [0.2, 0.25) is 0 Å². The summed E-state index contributed by atoms with van der Waals surface area (Å²) in [6.07, 6.45) is 8.08. The van der Waals surface area contributed by atoms with Crippen molar-refractivity contribution in [2.45, 2.75) is 44.9 Å². The molecule has 1 fully saturated rings. The van der Waals surface area contributed by atoms with Crippen molar-refractivity contribution < 1.29 is 9.53 Å². The van der Waals surface area contributed by atoms with Gasteiger partial charge in [0.05, 0.1) is 12.7 Å². The second-order valence-electron chi connectivity index (χ2n) is 5.88. The van der Waals surface area contributed by atoms with Gasteiger partial charge in [-0.15, -0.1) is 11.3 Å². The Kier molecular flexibility index (Phi) is 4.98. The maximum Gasteiger partial charge on any atom is 0.341 e. The number of hydrogen-bond donors (Lipinski definition) is 1. The van der Waals surface area contributed by atoms with Gasteiger partial charge < -0.3 is 15.0 Å². The minimum Gasteiger partial charge on any atom is -0.465 e. The van der Waals surface area contributed by atoms with E-state index in [1.165, 1.54) is 37.7 Å². The normalized spacial score (nSPS) is 17.8. The largest absolute Gasteiger partial charge is 0.465 e. The van der Waals surface area contributed by atoms with Crippen LogP contribution in [0.4, 0.5) is 5.00 Å². The molecule has 1 aromatic rings. The summed E-state index contributed by atoms with van der Waals surface area (Å²) in [5, 5.41) is 4.94. The lowest BCUT2D eigenvalue weighted by Crippen LogP contribution is -2.35. The molecule has 0 unspecified atom stereocenters. The predicted octanol–water partition coefficient (Wildman–Crippen LogP) is 3.60. The molecule has 0 bridgehead atoms. The van der Waals surface area contributed by atoms with E-state index in [1.54, 1.807) is 11.3 Å². The quantitative estimate of drug-likeness (QED) is 0.659. The lowest BCUT2D eigenvalue weighted by molar-refractivity contribution is 0.0601. The Morgan fingerprint density at radius 2 is 1.91 bits per heavy atom. The van der Waals surface area contributed by atoms with E-state index in [1.807, 2.05) is 0 Å². The first-order chi connectivity index (χ1) is 10.7. The van der Waals surface area contributed by atoms with Crippen molar-refractivity contribution in [1.82, 2.24) is 4.90 Å². The molecule has 6 heteroatoms. The zero-order chi connectivity index (χ0) is 15.5. The summed E-state index contributed by atoms with van der Waals surface area (Å²) in [5.74, 6) is -0.249. The molecule has 1 N–H and O–H groups in total. The molecule has 1 aromatic heterocycles. The lowest BCUT2D eigenvalue weighted by atomic mass is 10.1. The topological polar surface area (TPSA) is 41.6 Å². The van der Waals surface area contributed by atoms with Crippen LogP contribution in [0.5, 0.6) is 0 Å². The highest BCUT2D eigenvalue weighted by Crippen LogP contribution is 2.39. The third-order valence-corrected chi connectivity index (χ3v) is 5.99. The molecule has 0 amide bonds. The summed E-state index contributed by atoms with van der Waals surface area (Å²) in [6, 6.07) is 0. The number of hydrogen-bond acceptors (Lipinski definition) is 4. The van der Waals surface area contributed by atoms with E-state index in [-0.39, 0.29) is 5.97 Å². The smallest absolute Gasteiger partial charge is 0.341 e. The Bertz CT molecular complexity index is 575. The van der Waals surface area contributed by atoms with Gasteiger partial charge in [0, 0.05) is 18.0 Å². The number of esters is 1. The maximum absolute atomic E-state index is 12.2. The lowest BCUT2D eigenvalue weighted by Gasteiger charge is -2.23. The van der Waals surface area contributed by atoms with E-state index in [9.17, 15) is 4.79 Å². The Hall–Kier alpha value is -1.14. The van der Waals surface area contributed by atoms with Crippen LogP contribution in [0.15, 0.2) is 0 Å². The third-order valence-electron chi connectivity index (χ3n) is 4.42. The van der Waals surface area contributed by atoms with E-state index in [4.69, 9.17) is 17.0 Å². The second kappa shape index (κ2) is 6.96. The van der Waals surface area contributed by atoms with Gasteiger partial charge in [0.1, 0.15) is 5.00 Å². The molecule has 3 rings (SSSR count). The number of methoxy groups -OCH3 is 1. The molecule has 0 saturated carbocycles. The molecule has 120 valence electrons. The maximum atomic E-state index is 12.2. The van der Waals surface area contributed by atoms with Crippen LogP contribution in [-0.4, -0.2) is 36.2 Å². The minimum absolute atomic E-state index is 0.249. The van der Waals surface area contributed by atoms with Crippen LogP contribution in [0, 0.1) is 0 Å². The van der Waals surface area contributed by atoms with Crippen LogP contribution >= 0.6 is 23.6 Å². The van der Waals surface area contributed by atoms with Gasteiger partial charge in [0.15, 0.2) is 5.11 Å². The van der Waals surface area contributed by atoms with Gasteiger partial charge >= 0.3 is 5.97 Å². The Morgan fingerprint density at radius 3 is 2.59 bits per heavy atom. The zero-order valence-electron chi connectivity index (χ0n) is 12.9. The molecular weight excluding hydrogens is 316 g/mol. The van der Waals surface area contributed by atoms with Crippen molar-refractivity contribution in [3.05, 3.63) is 16.0 Å². The van der Waals surface area contributed by atoms with Crippen molar-refractivity contribution in [3.8, 4) is 0 Å². The number of ether oxygens (including phenoxy) is 1. The summed E-state index contributed by atoms with van der Waals surface area (Å²) in [5.41, 5.74) is 1.87. The fraction of sp³-hybridized carbons (Fsp3) is 0.625. The molecule has 1 aliphatic heterocycles. The number of thiophene rings is 1. The molecule has 2 aliphatic rings. The van der Waals surface area contributed by atoms with Gasteiger partial charge in [0.25, 0.3) is 0 Å². The van der Waals surface area contributed by atoms with E-state index >= 15 is 0 Å². The summed E-state index contributed by atoms with van der Waals surface area (Å²) in [6.45, 7) is 2.01. The number of thiocarbonyl (C=S) groups is 1. The van der Waals surface area contributed by atoms with E-state index in [0.717, 1.165) is 48.0 Å². The van der Waals surface area contributed by atoms with Crippen LogP contribution in [0.3, 0.4) is 0 Å². The third kappa shape index (κ3) is 3.13. The van der Waals surface area contributed by atoms with Crippen molar-refractivity contribution in [1.29, 1.82) is 0 Å². The fourth-order valence-corrected chi connectivity index (χ4v) is 4.89. The monoisotopic (exact) mass is 338 g/mol. The first-order valence-corrected chi connectivity index (χ1v) is 9.22. The number of likely N-dealkylation sites (tertiary alicyclic amines) is 1. The van der Waals surface area contributed by atoms with Crippen LogP contribution in [0.1, 0.15) is 52.9 Å². The summed E-state index contributed by atoms with van der Waals surface area (Å²) >= 11 is 7.24. The number of rotatable bonds is 2. The van der Waals surface area contributed by atoms with Crippen LogP contribution in [0.25, 0.3) is 0 Å². The van der Waals surface area contributed by atoms with Gasteiger partial charge in [-0.1, -0.05) is 12.8 Å². The molecule has 0 atom stereocenters. The number of anilines is 1. The standard InChI is InChI=1S/C16H22N2O2S2/c1-20-15(19)13-11-7-6-8-12(11)22-14(13)17-16(21)18-9-4-2-3-5-10-18/h2-10H2,1H3,(H,17,21). The Balaban J connectivity index is 1.79. The van der Waals surface area contributed by atoms with Gasteiger partial charge in [-0.25, -0.2) is 4.79 Å². The highest BCUT2D eigenvalue weighted by atomic mass is 32.1. The highest BCUT2D eigenvalue weighted by molar-refractivity contribution is 7.80. The second-order valence-corrected chi connectivity index (χ2v) is 7.38. The zero-order valence-corrected chi connectivity index (χ0v) is 14.6. The van der Waals surface area contributed by atoms with E-state index in [2.05, 4.69) is 10.2 Å². The average molecular weight is 338 g/mol. The Morgan fingerprint density at radius 1 is 1.18 bits per heavy atom. The molecular formula is C16H22N2O2S2. The molecule has 1 aliphatic carbocycles. The Labute approximate surface area is 140 Å². The number of nitrogens with one attached hydrogen (secondary N) is 1. The molecule has 0 radical (unpaired) electrons. The number of carbonyl (C=O) groups excluding carboxylic acids is 1. The summed E-state index contributed by atoms with van der Waals surface area (Å²) in [7, 11) is 1.44. The first-order valence-electron chi connectivity index (χ1n) is 7.99. The van der Waals surface area contributed by atoms with Gasteiger partial charge in [0.2, 0.25) is 0 Å². The van der Waals surface area contributed by atoms with Crippen molar-refractivity contribution in [3.63, 3.8) is 0 Å². The fourth-order valence-electron chi connectivity index (χ4n) is 3.26. The van der Waals surface area contributed by atoms with E-state index in [0.29, 0.717) is 5.56 Å². The molecule has 2 heterocycles. The van der Waals surface area contributed by atoms with Crippen molar-refractivity contribution in [2.24, 2.45) is 0 Å². The molecule has 0 spiro atoms. The van der Waals surface area contributed by atoms with E-state index < -0.39 is 0 Å². The van der Waals surface area contributed by atoms with Crippen LogP contribution in [-0.2, 0) is 17.6 Å². The minimum atomic E-state index is -0.249. The number of carbonyl (C=O) groups is 1.